The van der Waals surface area contributed by atoms with Crippen molar-refractivity contribution in [3.8, 4) is 6.07 Å². The van der Waals surface area contributed by atoms with Crippen LogP contribution in [0.5, 0.6) is 0 Å². The third-order valence-corrected chi connectivity index (χ3v) is 6.16. The Labute approximate surface area is 116 Å². The highest BCUT2D eigenvalue weighted by Crippen LogP contribution is 2.60. The first-order chi connectivity index (χ1) is 9.25. The van der Waals surface area contributed by atoms with E-state index in [1.807, 2.05) is 0 Å². The molecule has 0 N–H and O–H groups in total. The molecule has 2 nitrogen and oxygen atoms in total. The van der Waals surface area contributed by atoms with E-state index in [4.69, 9.17) is 5.26 Å². The molecule has 4 saturated carbocycles. The lowest BCUT2D eigenvalue weighted by atomic mass is 9.49. The molecule has 0 aromatic heterocycles. The Balaban J connectivity index is 1.46. The lowest BCUT2D eigenvalue weighted by Crippen LogP contribution is -2.51. The van der Waals surface area contributed by atoms with Gasteiger partial charge in [-0.3, -0.25) is 4.90 Å². The minimum Gasteiger partial charge on any atom is -0.299 e. The zero-order valence-corrected chi connectivity index (χ0v) is 11.8. The number of nitrogens with zero attached hydrogens (tertiary/aromatic N) is 2. The summed E-state index contributed by atoms with van der Waals surface area (Å²) in [6, 6.07) is 2.32. The van der Waals surface area contributed by atoms with E-state index in [1.54, 1.807) is 0 Å². The summed E-state index contributed by atoms with van der Waals surface area (Å²) in [6.07, 6.45) is 12.3. The van der Waals surface area contributed by atoms with Gasteiger partial charge in [0.05, 0.1) is 6.07 Å². The van der Waals surface area contributed by atoms with Gasteiger partial charge in [0.15, 0.2) is 0 Å². The van der Waals surface area contributed by atoms with Gasteiger partial charge in [-0.25, -0.2) is 0 Å². The van der Waals surface area contributed by atoms with E-state index in [-0.39, 0.29) is 0 Å². The van der Waals surface area contributed by atoms with Crippen LogP contribution in [0.15, 0.2) is 11.6 Å². The average molecular weight is 256 g/mol. The topological polar surface area (TPSA) is 27.0 Å². The van der Waals surface area contributed by atoms with Crippen LogP contribution in [0, 0.1) is 34.5 Å². The van der Waals surface area contributed by atoms with E-state index in [2.05, 4.69) is 17.0 Å². The second-order valence-corrected chi connectivity index (χ2v) is 7.74. The Bertz CT molecular complexity index is 407. The Morgan fingerprint density at radius 2 is 1.79 bits per heavy atom. The van der Waals surface area contributed by atoms with Crippen LogP contribution >= 0.6 is 0 Å². The SMILES string of the molecule is N#CC1=CCN(CC23CC4CC(CC(C4)C2)C3)CC1. The normalized spacial score (nSPS) is 45.0. The van der Waals surface area contributed by atoms with Crippen LogP contribution in [0.25, 0.3) is 0 Å². The molecular formula is C17H24N2. The molecule has 1 aliphatic heterocycles. The van der Waals surface area contributed by atoms with Crippen molar-refractivity contribution in [3.63, 3.8) is 0 Å². The lowest BCUT2D eigenvalue weighted by Gasteiger charge is -2.58. The monoisotopic (exact) mass is 256 g/mol. The summed E-state index contributed by atoms with van der Waals surface area (Å²) in [4.78, 5) is 2.62. The van der Waals surface area contributed by atoms with Crippen LogP contribution < -0.4 is 0 Å². The predicted molar refractivity (Wildman–Crippen MR) is 75.4 cm³/mol. The average Bonchev–Trinajstić information content (AvgIpc) is 2.37. The molecule has 2 heteroatoms. The lowest BCUT2D eigenvalue weighted by molar-refractivity contribution is -0.0681. The molecule has 0 atom stereocenters. The van der Waals surface area contributed by atoms with E-state index in [0.29, 0.717) is 5.41 Å². The second kappa shape index (κ2) is 4.35. The first kappa shape index (κ1) is 12.0. The highest BCUT2D eigenvalue weighted by atomic mass is 15.1. The molecule has 0 saturated heterocycles. The fourth-order valence-corrected chi connectivity index (χ4v) is 5.91. The summed E-state index contributed by atoms with van der Waals surface area (Å²) in [7, 11) is 0. The van der Waals surface area contributed by atoms with Crippen molar-refractivity contribution in [2.75, 3.05) is 19.6 Å². The molecule has 4 bridgehead atoms. The van der Waals surface area contributed by atoms with Crippen molar-refractivity contribution < 1.29 is 0 Å². The van der Waals surface area contributed by atoms with Gasteiger partial charge >= 0.3 is 0 Å². The van der Waals surface area contributed by atoms with Crippen molar-refractivity contribution >= 4 is 0 Å². The molecule has 102 valence electrons. The Kier molecular flexibility index (Phi) is 2.74. The fourth-order valence-electron chi connectivity index (χ4n) is 5.91. The molecule has 0 amide bonds. The fraction of sp³-hybridized carbons (Fsp3) is 0.824. The van der Waals surface area contributed by atoms with Gasteiger partial charge in [-0.15, -0.1) is 0 Å². The summed E-state index contributed by atoms with van der Waals surface area (Å²) >= 11 is 0. The number of hydrogen-bond donors (Lipinski definition) is 0. The van der Waals surface area contributed by atoms with E-state index in [9.17, 15) is 0 Å². The number of hydrogen-bond acceptors (Lipinski definition) is 2. The summed E-state index contributed by atoms with van der Waals surface area (Å²) in [6.45, 7) is 3.44. The third kappa shape index (κ3) is 2.13. The van der Waals surface area contributed by atoms with Crippen molar-refractivity contribution in [1.29, 1.82) is 5.26 Å². The van der Waals surface area contributed by atoms with Crippen LogP contribution in [0.3, 0.4) is 0 Å². The molecule has 19 heavy (non-hydrogen) atoms. The van der Waals surface area contributed by atoms with Gasteiger partial charge in [-0.05, 0) is 68.1 Å². The van der Waals surface area contributed by atoms with Crippen molar-refractivity contribution in [1.82, 2.24) is 4.90 Å². The van der Waals surface area contributed by atoms with Gasteiger partial charge in [0.2, 0.25) is 0 Å². The standard InChI is InChI=1S/C17H24N2/c18-11-13-1-3-19(4-2-13)12-17-8-14-5-15(9-17)7-16(6-14)10-17/h1,14-16H,2-10,12H2. The number of rotatable bonds is 2. The van der Waals surface area contributed by atoms with Gasteiger partial charge < -0.3 is 0 Å². The van der Waals surface area contributed by atoms with Crippen LogP contribution in [0.4, 0.5) is 0 Å². The van der Waals surface area contributed by atoms with Gasteiger partial charge in [-0.2, -0.15) is 5.26 Å². The van der Waals surface area contributed by atoms with Crippen molar-refractivity contribution in [2.45, 2.75) is 44.9 Å². The first-order valence-electron chi connectivity index (χ1n) is 8.06. The molecule has 0 aromatic carbocycles. The summed E-state index contributed by atoms with van der Waals surface area (Å²) in [5, 5.41) is 8.94. The summed E-state index contributed by atoms with van der Waals surface area (Å²) in [5.74, 6) is 3.17. The molecule has 0 spiro atoms. The molecule has 4 fully saturated rings. The molecule has 0 unspecified atom stereocenters. The van der Waals surface area contributed by atoms with Gasteiger partial charge in [-0.1, -0.05) is 6.08 Å². The summed E-state index contributed by atoms with van der Waals surface area (Å²) < 4.78 is 0. The maximum atomic E-state index is 8.94. The van der Waals surface area contributed by atoms with Gasteiger partial charge in [0.1, 0.15) is 0 Å². The number of nitriles is 1. The van der Waals surface area contributed by atoms with E-state index >= 15 is 0 Å². The maximum Gasteiger partial charge on any atom is 0.0944 e. The third-order valence-electron chi connectivity index (χ3n) is 6.16. The first-order valence-corrected chi connectivity index (χ1v) is 8.06. The van der Waals surface area contributed by atoms with E-state index in [0.717, 1.165) is 42.8 Å². The molecule has 5 aliphatic rings. The minimum absolute atomic E-state index is 0.659. The Hall–Kier alpha value is -0.810. The second-order valence-electron chi connectivity index (χ2n) is 7.74. The highest BCUT2D eigenvalue weighted by molar-refractivity contribution is 5.23. The molecule has 4 aliphatic carbocycles. The molecule has 0 aromatic rings. The quantitative estimate of drug-likeness (QED) is 0.757. The van der Waals surface area contributed by atoms with E-state index in [1.165, 1.54) is 45.1 Å². The van der Waals surface area contributed by atoms with Crippen molar-refractivity contribution in [2.24, 2.45) is 23.2 Å². The van der Waals surface area contributed by atoms with E-state index < -0.39 is 0 Å². The van der Waals surface area contributed by atoms with Crippen molar-refractivity contribution in [3.05, 3.63) is 11.6 Å². The van der Waals surface area contributed by atoms with Crippen LogP contribution in [-0.4, -0.2) is 24.5 Å². The Morgan fingerprint density at radius 3 is 2.26 bits per heavy atom. The van der Waals surface area contributed by atoms with Gasteiger partial charge in [0, 0.05) is 25.2 Å². The molecular weight excluding hydrogens is 232 g/mol. The zero-order valence-electron chi connectivity index (χ0n) is 11.8. The summed E-state index contributed by atoms with van der Waals surface area (Å²) in [5.41, 5.74) is 1.66. The largest absolute Gasteiger partial charge is 0.299 e. The molecule has 0 radical (unpaired) electrons. The predicted octanol–water partition coefficient (Wildman–Crippen LogP) is 3.36. The van der Waals surface area contributed by atoms with Crippen LogP contribution in [0.1, 0.15) is 44.9 Å². The highest BCUT2D eigenvalue weighted by Gasteiger charge is 2.51. The minimum atomic E-state index is 0.659. The zero-order chi connectivity index (χ0) is 12.9. The molecule has 1 heterocycles. The maximum absolute atomic E-state index is 8.94. The Morgan fingerprint density at radius 1 is 1.16 bits per heavy atom. The van der Waals surface area contributed by atoms with Crippen LogP contribution in [-0.2, 0) is 0 Å². The van der Waals surface area contributed by atoms with Crippen LogP contribution in [0.2, 0.25) is 0 Å². The van der Waals surface area contributed by atoms with Gasteiger partial charge in [0.25, 0.3) is 0 Å². The molecule has 5 rings (SSSR count). The smallest absolute Gasteiger partial charge is 0.0944 e.